The van der Waals surface area contributed by atoms with Crippen LogP contribution in [0.2, 0.25) is 0 Å². The summed E-state index contributed by atoms with van der Waals surface area (Å²) in [5.74, 6) is 0.418. The van der Waals surface area contributed by atoms with Crippen LogP contribution in [-0.4, -0.2) is 24.4 Å². The minimum atomic E-state index is -0.675. The molecule has 0 saturated heterocycles. The maximum atomic E-state index is 10.7. The highest BCUT2D eigenvalue weighted by Gasteiger charge is 2.44. The molecule has 1 saturated carbocycles. The molecule has 0 radical (unpaired) electrons. The molecule has 1 N–H and O–H groups in total. The lowest BCUT2D eigenvalue weighted by Gasteiger charge is -2.29. The van der Waals surface area contributed by atoms with Crippen LogP contribution in [0.3, 0.4) is 0 Å². The molecule has 0 amide bonds. The molecule has 1 unspecified atom stereocenters. The van der Waals surface area contributed by atoms with Gasteiger partial charge in [0.1, 0.15) is 0 Å². The Labute approximate surface area is 104 Å². The van der Waals surface area contributed by atoms with E-state index in [0.717, 1.165) is 12.8 Å². The third-order valence-corrected chi connectivity index (χ3v) is 3.86. The van der Waals surface area contributed by atoms with Crippen LogP contribution in [0.15, 0.2) is 18.2 Å². The lowest BCUT2D eigenvalue weighted by atomic mass is 9.86. The first-order valence-corrected chi connectivity index (χ1v) is 6.33. The highest BCUT2D eigenvalue weighted by molar-refractivity contribution is 5.35. The van der Waals surface area contributed by atoms with E-state index in [9.17, 15) is 5.11 Å². The van der Waals surface area contributed by atoms with Crippen LogP contribution < -0.4 is 0 Å². The van der Waals surface area contributed by atoms with Crippen molar-refractivity contribution >= 4 is 0 Å². The fraction of sp³-hybridized carbons (Fsp3) is 0.600. The number of aryl methyl sites for hydroxylation is 2. The van der Waals surface area contributed by atoms with Crippen molar-refractivity contribution in [2.24, 2.45) is 5.92 Å². The molecule has 2 rings (SSSR count). The van der Waals surface area contributed by atoms with Crippen molar-refractivity contribution in [3.05, 3.63) is 34.9 Å². The largest absolute Gasteiger partial charge is 0.387 e. The molecular weight excluding hydrogens is 212 g/mol. The van der Waals surface area contributed by atoms with Gasteiger partial charge in [0.2, 0.25) is 0 Å². The number of benzene rings is 1. The van der Waals surface area contributed by atoms with Crippen molar-refractivity contribution in [1.82, 2.24) is 0 Å². The lowest BCUT2D eigenvalue weighted by molar-refractivity contribution is -0.0476. The van der Waals surface area contributed by atoms with Crippen molar-refractivity contribution in [3.8, 4) is 0 Å². The first-order valence-electron chi connectivity index (χ1n) is 6.33. The highest BCUT2D eigenvalue weighted by atomic mass is 16.5. The fourth-order valence-electron chi connectivity index (χ4n) is 2.62. The summed E-state index contributed by atoms with van der Waals surface area (Å²) in [6, 6.07) is 6.30. The van der Waals surface area contributed by atoms with Crippen molar-refractivity contribution in [2.75, 3.05) is 13.7 Å². The lowest BCUT2D eigenvalue weighted by Crippen LogP contribution is -2.39. The van der Waals surface area contributed by atoms with Gasteiger partial charge >= 0.3 is 0 Å². The summed E-state index contributed by atoms with van der Waals surface area (Å²) in [5.41, 5.74) is 3.13. The Morgan fingerprint density at radius 1 is 1.29 bits per heavy atom. The van der Waals surface area contributed by atoms with E-state index in [1.165, 1.54) is 16.7 Å². The molecule has 1 aromatic rings. The second kappa shape index (κ2) is 4.79. The highest BCUT2D eigenvalue weighted by Crippen LogP contribution is 2.42. The van der Waals surface area contributed by atoms with E-state index in [1.807, 2.05) is 0 Å². The Morgan fingerprint density at radius 3 is 2.35 bits per heavy atom. The van der Waals surface area contributed by atoms with Gasteiger partial charge in [0.05, 0.1) is 12.2 Å². The molecular formula is C15H22O2. The molecule has 0 aliphatic heterocycles. The first-order chi connectivity index (χ1) is 8.07. The van der Waals surface area contributed by atoms with Gasteiger partial charge in [0, 0.05) is 13.5 Å². The van der Waals surface area contributed by atoms with Crippen molar-refractivity contribution in [2.45, 2.75) is 38.7 Å². The summed E-state index contributed by atoms with van der Waals surface area (Å²) >= 11 is 0. The van der Waals surface area contributed by atoms with Crippen LogP contribution in [0.1, 0.15) is 29.5 Å². The summed E-state index contributed by atoms with van der Waals surface area (Å²) in [6.07, 6.45) is 2.97. The third-order valence-electron chi connectivity index (χ3n) is 3.86. The summed E-state index contributed by atoms with van der Waals surface area (Å²) < 4.78 is 5.21. The van der Waals surface area contributed by atoms with Gasteiger partial charge in [-0.25, -0.2) is 0 Å². The van der Waals surface area contributed by atoms with Crippen molar-refractivity contribution < 1.29 is 9.84 Å². The molecule has 94 valence electrons. The second-order valence-corrected chi connectivity index (χ2v) is 5.36. The number of ether oxygens (including phenoxy) is 1. The van der Waals surface area contributed by atoms with E-state index in [0.29, 0.717) is 18.9 Å². The first kappa shape index (κ1) is 12.6. The van der Waals surface area contributed by atoms with Crippen LogP contribution in [0.5, 0.6) is 0 Å². The SMILES string of the molecule is COCC(O)(Cc1c(C)cccc1C)C1CC1. The fourth-order valence-corrected chi connectivity index (χ4v) is 2.62. The van der Waals surface area contributed by atoms with E-state index < -0.39 is 5.60 Å². The van der Waals surface area contributed by atoms with Gasteiger partial charge in [-0.3, -0.25) is 0 Å². The van der Waals surface area contributed by atoms with E-state index in [4.69, 9.17) is 4.74 Å². The number of aliphatic hydroxyl groups is 1. The van der Waals surface area contributed by atoms with Gasteiger partial charge in [0.25, 0.3) is 0 Å². The van der Waals surface area contributed by atoms with Gasteiger partial charge < -0.3 is 9.84 Å². The van der Waals surface area contributed by atoms with Gasteiger partial charge in [-0.1, -0.05) is 18.2 Å². The number of methoxy groups -OCH3 is 1. The van der Waals surface area contributed by atoms with Crippen molar-refractivity contribution in [1.29, 1.82) is 0 Å². The molecule has 2 nitrogen and oxygen atoms in total. The molecule has 0 bridgehead atoms. The second-order valence-electron chi connectivity index (χ2n) is 5.36. The minimum Gasteiger partial charge on any atom is -0.387 e. The normalized spacial score (nSPS) is 19.1. The smallest absolute Gasteiger partial charge is 0.0948 e. The minimum absolute atomic E-state index is 0.418. The zero-order valence-electron chi connectivity index (χ0n) is 11.0. The monoisotopic (exact) mass is 234 g/mol. The quantitative estimate of drug-likeness (QED) is 0.848. The molecule has 2 heteroatoms. The summed E-state index contributed by atoms with van der Waals surface area (Å²) in [4.78, 5) is 0. The molecule has 0 spiro atoms. The average molecular weight is 234 g/mol. The number of hydrogen-bond donors (Lipinski definition) is 1. The van der Waals surface area contributed by atoms with E-state index in [1.54, 1.807) is 7.11 Å². The van der Waals surface area contributed by atoms with Gasteiger partial charge in [-0.05, 0) is 49.3 Å². The summed E-state index contributed by atoms with van der Waals surface area (Å²) in [7, 11) is 1.66. The maximum absolute atomic E-state index is 10.7. The van der Waals surface area contributed by atoms with Crippen LogP contribution in [0, 0.1) is 19.8 Å². The van der Waals surface area contributed by atoms with E-state index >= 15 is 0 Å². The maximum Gasteiger partial charge on any atom is 0.0948 e. The van der Waals surface area contributed by atoms with E-state index in [-0.39, 0.29) is 0 Å². The van der Waals surface area contributed by atoms with Gasteiger partial charge in [-0.15, -0.1) is 0 Å². The van der Waals surface area contributed by atoms with Gasteiger partial charge in [0.15, 0.2) is 0 Å². The standard InChI is InChI=1S/C15H22O2/c1-11-5-4-6-12(2)14(11)9-15(16,10-17-3)13-7-8-13/h4-6,13,16H,7-10H2,1-3H3. The predicted octanol–water partition coefficient (Wildman–Crippen LogP) is 2.63. The molecule has 1 aliphatic rings. The Morgan fingerprint density at radius 2 is 1.88 bits per heavy atom. The Kier molecular flexibility index (Phi) is 3.55. The molecule has 17 heavy (non-hydrogen) atoms. The van der Waals surface area contributed by atoms with Crippen LogP contribution in [0.4, 0.5) is 0 Å². The van der Waals surface area contributed by atoms with Crippen LogP contribution in [-0.2, 0) is 11.2 Å². The average Bonchev–Trinajstić information content (AvgIpc) is 3.08. The van der Waals surface area contributed by atoms with Crippen LogP contribution >= 0.6 is 0 Å². The molecule has 0 aromatic heterocycles. The zero-order chi connectivity index (χ0) is 12.5. The van der Waals surface area contributed by atoms with E-state index in [2.05, 4.69) is 32.0 Å². The molecule has 1 aromatic carbocycles. The predicted molar refractivity (Wildman–Crippen MR) is 69.2 cm³/mol. The Bertz CT molecular complexity index is 376. The summed E-state index contributed by atoms with van der Waals surface area (Å²) in [5, 5.41) is 10.7. The number of hydrogen-bond acceptors (Lipinski definition) is 2. The molecule has 1 fully saturated rings. The Hall–Kier alpha value is -0.860. The zero-order valence-corrected chi connectivity index (χ0v) is 11.0. The third kappa shape index (κ3) is 2.70. The summed E-state index contributed by atoms with van der Waals surface area (Å²) in [6.45, 7) is 4.66. The molecule has 1 aliphatic carbocycles. The van der Waals surface area contributed by atoms with Gasteiger partial charge in [-0.2, -0.15) is 0 Å². The Balaban J connectivity index is 2.23. The van der Waals surface area contributed by atoms with Crippen LogP contribution in [0.25, 0.3) is 0 Å². The van der Waals surface area contributed by atoms with Crippen molar-refractivity contribution in [3.63, 3.8) is 0 Å². The topological polar surface area (TPSA) is 29.5 Å². The molecule has 0 heterocycles. The number of rotatable bonds is 5. The molecule has 1 atom stereocenters.